The van der Waals surface area contributed by atoms with Crippen LogP contribution in [0.3, 0.4) is 0 Å². The first kappa shape index (κ1) is 12.7. The minimum absolute atomic E-state index is 0.246. The van der Waals surface area contributed by atoms with Crippen LogP contribution in [0.15, 0.2) is 0 Å². The molecule has 2 N–H and O–H groups in total. The summed E-state index contributed by atoms with van der Waals surface area (Å²) in [6.07, 6.45) is 4.57. The molecule has 2 rings (SSSR count). The van der Waals surface area contributed by atoms with E-state index < -0.39 is 5.60 Å². The standard InChI is InChI=1S/C13H24N2O2/c1-13(2,3)17-12(16)15-10-7-6-9-5-4-8-14-11(9)10/h9-11,14H,4-8H2,1-3H3,(H,15,16). The van der Waals surface area contributed by atoms with Crippen LogP contribution in [0.5, 0.6) is 0 Å². The molecular weight excluding hydrogens is 216 g/mol. The molecule has 0 spiro atoms. The lowest BCUT2D eigenvalue weighted by Gasteiger charge is -2.31. The smallest absolute Gasteiger partial charge is 0.407 e. The molecule has 1 saturated heterocycles. The van der Waals surface area contributed by atoms with Gasteiger partial charge < -0.3 is 15.4 Å². The van der Waals surface area contributed by atoms with E-state index in [2.05, 4.69) is 10.6 Å². The van der Waals surface area contributed by atoms with E-state index in [-0.39, 0.29) is 12.1 Å². The summed E-state index contributed by atoms with van der Waals surface area (Å²) in [5.41, 5.74) is -0.415. The van der Waals surface area contributed by atoms with E-state index in [0.29, 0.717) is 6.04 Å². The second-order valence-corrected chi connectivity index (χ2v) is 6.21. The number of carbonyl (C=O) groups excluding carboxylic acids is 1. The van der Waals surface area contributed by atoms with Crippen molar-refractivity contribution in [2.24, 2.45) is 5.92 Å². The zero-order chi connectivity index (χ0) is 12.5. The zero-order valence-corrected chi connectivity index (χ0v) is 11.1. The van der Waals surface area contributed by atoms with Gasteiger partial charge in [0.15, 0.2) is 0 Å². The van der Waals surface area contributed by atoms with E-state index in [1.807, 2.05) is 20.8 Å². The van der Waals surface area contributed by atoms with Gasteiger partial charge in [-0.1, -0.05) is 0 Å². The van der Waals surface area contributed by atoms with E-state index in [9.17, 15) is 4.79 Å². The number of fused-ring (bicyclic) bond motifs is 1. The van der Waals surface area contributed by atoms with Gasteiger partial charge in [-0.25, -0.2) is 4.79 Å². The SMILES string of the molecule is CC(C)(C)OC(=O)NC1CCC2CCCNC21. The number of hydrogen-bond donors (Lipinski definition) is 2. The molecule has 0 radical (unpaired) electrons. The maximum absolute atomic E-state index is 11.7. The van der Waals surface area contributed by atoms with E-state index >= 15 is 0 Å². The van der Waals surface area contributed by atoms with Gasteiger partial charge in [0.05, 0.1) is 0 Å². The van der Waals surface area contributed by atoms with Crippen LogP contribution in [0.4, 0.5) is 4.79 Å². The van der Waals surface area contributed by atoms with Gasteiger partial charge in [-0.3, -0.25) is 0 Å². The molecule has 4 nitrogen and oxygen atoms in total. The molecule has 0 aromatic rings. The number of amides is 1. The summed E-state index contributed by atoms with van der Waals surface area (Å²) in [5.74, 6) is 0.740. The Bertz CT molecular complexity index is 286. The van der Waals surface area contributed by atoms with Crippen molar-refractivity contribution in [1.82, 2.24) is 10.6 Å². The summed E-state index contributed by atoms with van der Waals surface area (Å²) in [6.45, 7) is 6.75. The lowest BCUT2D eigenvalue weighted by molar-refractivity contribution is 0.0493. The fourth-order valence-electron chi connectivity index (χ4n) is 2.97. The number of carbonyl (C=O) groups is 1. The molecule has 4 heteroatoms. The number of ether oxygens (including phenoxy) is 1. The third-order valence-electron chi connectivity index (χ3n) is 3.62. The van der Waals surface area contributed by atoms with Crippen molar-refractivity contribution in [2.45, 2.75) is 64.1 Å². The third kappa shape index (κ3) is 3.35. The maximum atomic E-state index is 11.7. The van der Waals surface area contributed by atoms with Crippen molar-refractivity contribution in [1.29, 1.82) is 0 Å². The molecule has 1 saturated carbocycles. The molecule has 3 unspecified atom stereocenters. The Balaban J connectivity index is 1.85. The molecule has 1 aliphatic carbocycles. The van der Waals surface area contributed by atoms with Crippen LogP contribution in [0.2, 0.25) is 0 Å². The van der Waals surface area contributed by atoms with Crippen molar-refractivity contribution in [3.63, 3.8) is 0 Å². The molecule has 0 aromatic heterocycles. The highest BCUT2D eigenvalue weighted by molar-refractivity contribution is 5.68. The van der Waals surface area contributed by atoms with Gasteiger partial charge in [0.2, 0.25) is 0 Å². The van der Waals surface area contributed by atoms with Gasteiger partial charge in [-0.05, 0) is 58.9 Å². The van der Waals surface area contributed by atoms with Crippen molar-refractivity contribution in [2.75, 3.05) is 6.54 Å². The van der Waals surface area contributed by atoms with Crippen LogP contribution >= 0.6 is 0 Å². The Kier molecular flexibility index (Phi) is 3.61. The zero-order valence-electron chi connectivity index (χ0n) is 11.1. The topological polar surface area (TPSA) is 50.4 Å². The number of piperidine rings is 1. The average molecular weight is 240 g/mol. The van der Waals surface area contributed by atoms with Crippen LogP contribution in [0.1, 0.15) is 46.5 Å². The molecule has 2 aliphatic rings. The molecule has 98 valence electrons. The molecule has 17 heavy (non-hydrogen) atoms. The van der Waals surface area contributed by atoms with Crippen LogP contribution in [0, 0.1) is 5.92 Å². The second kappa shape index (κ2) is 4.84. The fourth-order valence-corrected chi connectivity index (χ4v) is 2.97. The number of hydrogen-bond acceptors (Lipinski definition) is 3. The van der Waals surface area contributed by atoms with Gasteiger partial charge >= 0.3 is 6.09 Å². The Morgan fingerprint density at radius 3 is 2.76 bits per heavy atom. The molecule has 1 aliphatic heterocycles. The van der Waals surface area contributed by atoms with E-state index in [0.717, 1.165) is 18.9 Å². The highest BCUT2D eigenvalue weighted by Gasteiger charge is 2.38. The normalized spacial score (nSPS) is 33.0. The molecule has 1 amide bonds. The highest BCUT2D eigenvalue weighted by atomic mass is 16.6. The summed E-state index contributed by atoms with van der Waals surface area (Å²) in [4.78, 5) is 11.7. The first-order valence-electron chi connectivity index (χ1n) is 6.68. The third-order valence-corrected chi connectivity index (χ3v) is 3.62. The average Bonchev–Trinajstić information content (AvgIpc) is 2.59. The van der Waals surface area contributed by atoms with E-state index in [1.165, 1.54) is 19.3 Å². The lowest BCUT2D eigenvalue weighted by Crippen LogP contribution is -2.52. The van der Waals surface area contributed by atoms with Crippen molar-refractivity contribution < 1.29 is 9.53 Å². The van der Waals surface area contributed by atoms with Gasteiger partial charge in [0.25, 0.3) is 0 Å². The van der Waals surface area contributed by atoms with Crippen LogP contribution in [0.25, 0.3) is 0 Å². The minimum Gasteiger partial charge on any atom is -0.444 e. The lowest BCUT2D eigenvalue weighted by atomic mass is 9.93. The molecule has 0 aromatic carbocycles. The fraction of sp³-hybridized carbons (Fsp3) is 0.923. The highest BCUT2D eigenvalue weighted by Crippen LogP contribution is 2.32. The van der Waals surface area contributed by atoms with Gasteiger partial charge in [-0.15, -0.1) is 0 Å². The van der Waals surface area contributed by atoms with E-state index in [4.69, 9.17) is 4.74 Å². The van der Waals surface area contributed by atoms with Crippen molar-refractivity contribution in [3.8, 4) is 0 Å². The Morgan fingerprint density at radius 2 is 2.06 bits per heavy atom. The van der Waals surface area contributed by atoms with Gasteiger partial charge in [0, 0.05) is 12.1 Å². The van der Waals surface area contributed by atoms with Crippen LogP contribution in [-0.2, 0) is 4.74 Å². The Morgan fingerprint density at radius 1 is 1.29 bits per heavy atom. The first-order chi connectivity index (χ1) is 7.96. The maximum Gasteiger partial charge on any atom is 0.407 e. The number of rotatable bonds is 1. The summed E-state index contributed by atoms with van der Waals surface area (Å²) >= 11 is 0. The quantitative estimate of drug-likeness (QED) is 0.737. The molecular formula is C13H24N2O2. The summed E-state index contributed by atoms with van der Waals surface area (Å²) in [7, 11) is 0. The largest absolute Gasteiger partial charge is 0.444 e. The van der Waals surface area contributed by atoms with Gasteiger partial charge in [-0.2, -0.15) is 0 Å². The Labute approximate surface area is 103 Å². The molecule has 1 heterocycles. The van der Waals surface area contributed by atoms with Crippen molar-refractivity contribution >= 4 is 6.09 Å². The molecule has 2 fully saturated rings. The number of nitrogens with one attached hydrogen (secondary N) is 2. The summed E-state index contributed by atoms with van der Waals surface area (Å²) in [5, 5.41) is 6.54. The van der Waals surface area contributed by atoms with Crippen LogP contribution < -0.4 is 10.6 Å². The monoisotopic (exact) mass is 240 g/mol. The summed E-state index contributed by atoms with van der Waals surface area (Å²) < 4.78 is 5.30. The second-order valence-electron chi connectivity index (χ2n) is 6.21. The minimum atomic E-state index is -0.415. The predicted octanol–water partition coefficient (Wildman–Crippen LogP) is 2.04. The molecule has 0 bridgehead atoms. The van der Waals surface area contributed by atoms with Crippen molar-refractivity contribution in [3.05, 3.63) is 0 Å². The summed E-state index contributed by atoms with van der Waals surface area (Å²) in [6, 6.07) is 0.700. The number of alkyl carbamates (subject to hydrolysis) is 1. The van der Waals surface area contributed by atoms with E-state index in [1.54, 1.807) is 0 Å². The predicted molar refractivity (Wildman–Crippen MR) is 66.9 cm³/mol. The van der Waals surface area contributed by atoms with Gasteiger partial charge in [0.1, 0.15) is 5.60 Å². The molecule has 3 atom stereocenters. The first-order valence-corrected chi connectivity index (χ1v) is 6.68. The van der Waals surface area contributed by atoms with Crippen LogP contribution in [-0.4, -0.2) is 30.3 Å². The Hall–Kier alpha value is -0.770.